The molecule has 300 valence electrons. The third-order valence-electron chi connectivity index (χ3n) is 12.8. The van der Waals surface area contributed by atoms with Crippen molar-refractivity contribution >= 4 is 82.7 Å². The van der Waals surface area contributed by atoms with Crippen molar-refractivity contribution in [3.63, 3.8) is 0 Å². The van der Waals surface area contributed by atoms with Gasteiger partial charge >= 0.3 is 0 Å². The van der Waals surface area contributed by atoms with Crippen LogP contribution in [0.1, 0.15) is 0 Å². The maximum atomic E-state index is 6.50. The van der Waals surface area contributed by atoms with Gasteiger partial charge < -0.3 is 18.3 Å². The van der Waals surface area contributed by atoms with Gasteiger partial charge in [0.2, 0.25) is 0 Å². The molecule has 3 heterocycles. The van der Waals surface area contributed by atoms with Gasteiger partial charge in [-0.1, -0.05) is 140 Å². The van der Waals surface area contributed by atoms with Crippen LogP contribution < -0.4 is 4.90 Å². The Hall–Kier alpha value is -8.60. The van der Waals surface area contributed by atoms with Gasteiger partial charge in [-0.15, -0.1) is 0 Å². The number of rotatable bonds is 7. The highest BCUT2D eigenvalue weighted by Crippen LogP contribution is 2.42. The zero-order chi connectivity index (χ0) is 42.1. The minimum absolute atomic E-state index is 0.873. The summed E-state index contributed by atoms with van der Waals surface area (Å²) < 4.78 is 15.1. The number of aromatic nitrogens is 1. The molecule has 0 saturated heterocycles. The Bertz CT molecular complexity index is 3880. The number of anilines is 3. The standard InChI is InChI=1S/C60H38N2O2/c1-3-12-41(13-4-1)48-18-11-19-51-53-37-43(27-34-59(53)64-60(48)51)40-24-30-46(31-25-40)61(47-32-35-58-54(38-47)50-17-8-10-21-57(50)63-58)45-28-22-39(23-29-45)42-26-33-56-52(36-42)49-16-7-9-20-55(49)62(56)44-14-5-2-6-15-44/h1-38H. The first-order valence-electron chi connectivity index (χ1n) is 21.7. The van der Waals surface area contributed by atoms with Crippen LogP contribution in [0.5, 0.6) is 0 Å². The second-order valence-corrected chi connectivity index (χ2v) is 16.5. The van der Waals surface area contributed by atoms with Gasteiger partial charge in [-0.2, -0.15) is 0 Å². The summed E-state index contributed by atoms with van der Waals surface area (Å²) in [7, 11) is 0. The van der Waals surface area contributed by atoms with Gasteiger partial charge in [0.05, 0.1) is 11.0 Å². The topological polar surface area (TPSA) is 34.5 Å². The van der Waals surface area contributed by atoms with E-state index in [1.54, 1.807) is 0 Å². The molecule has 0 saturated carbocycles. The highest BCUT2D eigenvalue weighted by Gasteiger charge is 2.18. The van der Waals surface area contributed by atoms with Gasteiger partial charge in [0.15, 0.2) is 0 Å². The fourth-order valence-electron chi connectivity index (χ4n) is 9.74. The molecule has 10 aromatic carbocycles. The van der Waals surface area contributed by atoms with Crippen LogP contribution in [0.15, 0.2) is 239 Å². The monoisotopic (exact) mass is 818 g/mol. The first-order chi connectivity index (χ1) is 31.7. The molecule has 0 atom stereocenters. The highest BCUT2D eigenvalue weighted by molar-refractivity contribution is 6.12. The first-order valence-corrected chi connectivity index (χ1v) is 21.7. The van der Waals surface area contributed by atoms with Crippen LogP contribution in [-0.4, -0.2) is 4.57 Å². The number of furan rings is 2. The maximum absolute atomic E-state index is 6.50. The lowest BCUT2D eigenvalue weighted by Gasteiger charge is -2.26. The molecule has 0 spiro atoms. The molecule has 0 amide bonds. The summed E-state index contributed by atoms with van der Waals surface area (Å²) in [5, 5.41) is 6.90. The van der Waals surface area contributed by atoms with Crippen LogP contribution in [0.2, 0.25) is 0 Å². The van der Waals surface area contributed by atoms with Crippen LogP contribution in [0.4, 0.5) is 17.1 Å². The molecule has 64 heavy (non-hydrogen) atoms. The van der Waals surface area contributed by atoms with E-state index in [9.17, 15) is 0 Å². The molecule has 0 N–H and O–H groups in total. The Balaban J connectivity index is 0.892. The summed E-state index contributed by atoms with van der Waals surface area (Å²) >= 11 is 0. The highest BCUT2D eigenvalue weighted by atomic mass is 16.3. The minimum Gasteiger partial charge on any atom is -0.456 e. The van der Waals surface area contributed by atoms with Crippen molar-refractivity contribution in [2.75, 3.05) is 4.90 Å². The van der Waals surface area contributed by atoms with Crippen LogP contribution in [0, 0.1) is 0 Å². The molecule has 0 aliphatic heterocycles. The molecular formula is C60H38N2O2. The van der Waals surface area contributed by atoms with Gasteiger partial charge in [-0.25, -0.2) is 0 Å². The zero-order valence-electron chi connectivity index (χ0n) is 34.7. The van der Waals surface area contributed by atoms with E-state index in [1.165, 1.54) is 27.4 Å². The van der Waals surface area contributed by atoms with Gasteiger partial charge in [0.25, 0.3) is 0 Å². The molecule has 0 bridgehead atoms. The van der Waals surface area contributed by atoms with Crippen LogP contribution in [0.3, 0.4) is 0 Å². The van der Waals surface area contributed by atoms with Crippen molar-refractivity contribution < 1.29 is 8.83 Å². The molecule has 0 radical (unpaired) electrons. The minimum atomic E-state index is 0.873. The number of hydrogen-bond donors (Lipinski definition) is 0. The summed E-state index contributed by atoms with van der Waals surface area (Å²) in [6.07, 6.45) is 0. The van der Waals surface area contributed by atoms with E-state index < -0.39 is 0 Å². The number of para-hydroxylation sites is 4. The Morgan fingerprint density at radius 3 is 1.59 bits per heavy atom. The van der Waals surface area contributed by atoms with E-state index in [2.05, 4.69) is 222 Å². The predicted molar refractivity (Wildman–Crippen MR) is 266 cm³/mol. The molecule has 13 aromatic rings. The lowest BCUT2D eigenvalue weighted by Crippen LogP contribution is -2.09. The van der Waals surface area contributed by atoms with Gasteiger partial charge in [0, 0.05) is 60.6 Å². The average molecular weight is 819 g/mol. The van der Waals surface area contributed by atoms with Crippen molar-refractivity contribution in [3.8, 4) is 39.1 Å². The summed E-state index contributed by atoms with van der Waals surface area (Å²) in [5.74, 6) is 0. The lowest BCUT2D eigenvalue weighted by atomic mass is 10.00. The van der Waals surface area contributed by atoms with E-state index in [0.29, 0.717) is 0 Å². The smallest absolute Gasteiger partial charge is 0.143 e. The van der Waals surface area contributed by atoms with E-state index >= 15 is 0 Å². The molecule has 0 unspecified atom stereocenters. The largest absolute Gasteiger partial charge is 0.456 e. The second kappa shape index (κ2) is 14.5. The summed E-state index contributed by atoms with van der Waals surface area (Å²) in [6, 6.07) is 82.2. The molecule has 3 aromatic heterocycles. The van der Waals surface area contributed by atoms with E-state index in [4.69, 9.17) is 8.83 Å². The third kappa shape index (κ3) is 5.84. The van der Waals surface area contributed by atoms with Gasteiger partial charge in [-0.05, 0) is 119 Å². The molecule has 0 aliphatic carbocycles. The number of hydrogen-bond acceptors (Lipinski definition) is 3. The quantitative estimate of drug-likeness (QED) is 0.161. The molecule has 0 aliphatic rings. The van der Waals surface area contributed by atoms with Crippen molar-refractivity contribution in [3.05, 3.63) is 231 Å². The third-order valence-corrected chi connectivity index (χ3v) is 12.8. The summed E-state index contributed by atoms with van der Waals surface area (Å²) in [4.78, 5) is 2.34. The Kier molecular flexibility index (Phi) is 8.18. The van der Waals surface area contributed by atoms with Crippen molar-refractivity contribution in [1.29, 1.82) is 0 Å². The van der Waals surface area contributed by atoms with Crippen LogP contribution in [-0.2, 0) is 0 Å². The Morgan fingerprint density at radius 1 is 0.297 bits per heavy atom. The maximum Gasteiger partial charge on any atom is 0.143 e. The van der Waals surface area contributed by atoms with Crippen LogP contribution in [0.25, 0.3) is 105 Å². The van der Waals surface area contributed by atoms with Crippen LogP contribution >= 0.6 is 0 Å². The first kappa shape index (κ1) is 36.1. The predicted octanol–water partition coefficient (Wildman–Crippen LogP) is 17.1. The normalized spacial score (nSPS) is 11.8. The zero-order valence-corrected chi connectivity index (χ0v) is 34.7. The van der Waals surface area contributed by atoms with Gasteiger partial charge in [-0.3, -0.25) is 0 Å². The SMILES string of the molecule is c1ccc(-c2cccc3c2oc2ccc(-c4ccc(N(c5ccc(-c6ccc7c(c6)c6ccccc6n7-c6ccccc6)cc5)c5ccc6oc7ccccc7c6c5)cc4)cc23)cc1. The Labute approximate surface area is 369 Å². The number of fused-ring (bicyclic) bond motifs is 9. The molecule has 13 rings (SSSR count). The van der Waals surface area contributed by atoms with E-state index in [0.717, 1.165) is 94.4 Å². The summed E-state index contributed by atoms with van der Waals surface area (Å²) in [5.41, 5.74) is 17.1. The molecular weight excluding hydrogens is 781 g/mol. The van der Waals surface area contributed by atoms with Gasteiger partial charge in [0.1, 0.15) is 22.3 Å². The second-order valence-electron chi connectivity index (χ2n) is 16.5. The fraction of sp³-hybridized carbons (Fsp3) is 0. The Morgan fingerprint density at radius 2 is 0.828 bits per heavy atom. The van der Waals surface area contributed by atoms with Crippen molar-refractivity contribution in [2.45, 2.75) is 0 Å². The number of nitrogens with zero attached hydrogens (tertiary/aromatic N) is 2. The average Bonchev–Trinajstić information content (AvgIpc) is 4.04. The molecule has 4 heteroatoms. The van der Waals surface area contributed by atoms with Crippen molar-refractivity contribution in [1.82, 2.24) is 4.57 Å². The summed E-state index contributed by atoms with van der Waals surface area (Å²) in [6.45, 7) is 0. The van der Waals surface area contributed by atoms with E-state index in [1.807, 2.05) is 18.2 Å². The van der Waals surface area contributed by atoms with E-state index in [-0.39, 0.29) is 0 Å². The molecule has 0 fully saturated rings. The lowest BCUT2D eigenvalue weighted by molar-refractivity contribution is 0.669. The fourth-order valence-corrected chi connectivity index (χ4v) is 9.74. The number of benzene rings is 10. The molecule has 4 nitrogen and oxygen atoms in total. The van der Waals surface area contributed by atoms with Crippen molar-refractivity contribution in [2.24, 2.45) is 0 Å².